The number of carbonyl (C=O) groups is 1. The maximum atomic E-state index is 11.7. The summed E-state index contributed by atoms with van der Waals surface area (Å²) in [4.78, 5) is 18.8. The van der Waals surface area contributed by atoms with Crippen molar-refractivity contribution in [2.75, 3.05) is 26.2 Å². The Balaban J connectivity index is 1.48. The standard InChI is InChI=1S/C26H32N4O3/c1-3-19(17-25(31)29-27)18(2)20-9-10-23-24(16-20)33-26(28-23)21-7-6-8-22(15-21)32-14-13-30-11-4-5-12-30/h6-10,15-16,19H,2-5,11-14,17,27H2,1H3,(H,29,31). The van der Waals surface area contributed by atoms with Gasteiger partial charge in [0, 0.05) is 18.5 Å². The molecule has 3 N–H and O–H groups in total. The van der Waals surface area contributed by atoms with Gasteiger partial charge in [-0.3, -0.25) is 15.1 Å². The van der Waals surface area contributed by atoms with Gasteiger partial charge in [0.15, 0.2) is 5.58 Å². The van der Waals surface area contributed by atoms with E-state index in [1.54, 1.807) is 0 Å². The van der Waals surface area contributed by atoms with Crippen LogP contribution in [-0.4, -0.2) is 42.0 Å². The minimum atomic E-state index is -0.200. The minimum absolute atomic E-state index is 0.00258. The van der Waals surface area contributed by atoms with Crippen molar-refractivity contribution in [2.24, 2.45) is 11.8 Å². The van der Waals surface area contributed by atoms with E-state index in [2.05, 4.69) is 21.9 Å². The fraction of sp³-hybridized carbons (Fsp3) is 0.385. The van der Waals surface area contributed by atoms with Crippen LogP contribution in [0.3, 0.4) is 0 Å². The van der Waals surface area contributed by atoms with Crippen molar-refractivity contribution in [3.8, 4) is 17.2 Å². The SMILES string of the molecule is C=C(c1ccc2nc(-c3cccc(OCCN4CCCC4)c3)oc2c1)C(CC)CC(=O)NN. The van der Waals surface area contributed by atoms with Crippen LogP contribution in [0.15, 0.2) is 53.5 Å². The van der Waals surface area contributed by atoms with E-state index in [1.807, 2.05) is 49.4 Å². The van der Waals surface area contributed by atoms with E-state index in [4.69, 9.17) is 15.0 Å². The molecule has 0 saturated carbocycles. The topological polar surface area (TPSA) is 93.6 Å². The van der Waals surface area contributed by atoms with Crippen LogP contribution < -0.4 is 16.0 Å². The summed E-state index contributed by atoms with van der Waals surface area (Å²) < 4.78 is 12.1. The number of oxazole rings is 1. The van der Waals surface area contributed by atoms with Crippen molar-refractivity contribution in [3.05, 3.63) is 54.6 Å². The van der Waals surface area contributed by atoms with E-state index in [1.165, 1.54) is 25.9 Å². The number of likely N-dealkylation sites (tertiary alicyclic amines) is 1. The van der Waals surface area contributed by atoms with Gasteiger partial charge in [-0.15, -0.1) is 0 Å². The number of hydrogen-bond acceptors (Lipinski definition) is 6. The third kappa shape index (κ3) is 5.61. The third-order valence-corrected chi connectivity index (χ3v) is 6.29. The summed E-state index contributed by atoms with van der Waals surface area (Å²) in [5, 5.41) is 0. The first kappa shape index (κ1) is 23.0. The molecule has 4 rings (SSSR count). The van der Waals surface area contributed by atoms with Crippen molar-refractivity contribution in [3.63, 3.8) is 0 Å². The number of nitrogens with zero attached hydrogens (tertiary/aromatic N) is 2. The number of nitrogens with two attached hydrogens (primary N) is 1. The highest BCUT2D eigenvalue weighted by molar-refractivity contribution is 5.83. The van der Waals surface area contributed by atoms with E-state index in [9.17, 15) is 4.79 Å². The monoisotopic (exact) mass is 448 g/mol. The van der Waals surface area contributed by atoms with Crippen LogP contribution in [-0.2, 0) is 4.79 Å². The second kappa shape index (κ2) is 10.6. The van der Waals surface area contributed by atoms with Gasteiger partial charge in [0.25, 0.3) is 0 Å². The molecule has 0 spiro atoms. The van der Waals surface area contributed by atoms with Crippen LogP contribution in [0.25, 0.3) is 28.1 Å². The first-order valence-electron chi connectivity index (χ1n) is 11.6. The van der Waals surface area contributed by atoms with Gasteiger partial charge in [-0.05, 0) is 79.7 Å². The highest BCUT2D eigenvalue weighted by Gasteiger charge is 2.18. The molecular formula is C26H32N4O3. The van der Waals surface area contributed by atoms with E-state index in [0.717, 1.165) is 40.9 Å². The molecule has 1 amide bonds. The predicted octanol–water partition coefficient (Wildman–Crippen LogP) is 4.39. The van der Waals surface area contributed by atoms with E-state index in [-0.39, 0.29) is 11.8 Å². The van der Waals surface area contributed by atoms with Gasteiger partial charge in [-0.2, -0.15) is 0 Å². The molecule has 7 heteroatoms. The molecule has 1 aromatic heterocycles. The highest BCUT2D eigenvalue weighted by Crippen LogP contribution is 2.32. The number of hydrogen-bond donors (Lipinski definition) is 2. The van der Waals surface area contributed by atoms with Crippen molar-refractivity contribution in [1.82, 2.24) is 15.3 Å². The Bertz CT molecular complexity index is 1120. The molecule has 0 radical (unpaired) electrons. The Morgan fingerprint density at radius 3 is 2.85 bits per heavy atom. The smallest absolute Gasteiger partial charge is 0.234 e. The quantitative estimate of drug-likeness (QED) is 0.271. The average molecular weight is 449 g/mol. The number of aromatic nitrogens is 1. The highest BCUT2D eigenvalue weighted by atomic mass is 16.5. The molecule has 2 aromatic carbocycles. The zero-order valence-electron chi connectivity index (χ0n) is 19.2. The van der Waals surface area contributed by atoms with Crippen molar-refractivity contribution in [2.45, 2.75) is 32.6 Å². The lowest BCUT2D eigenvalue weighted by Gasteiger charge is -2.17. The second-order valence-corrected chi connectivity index (χ2v) is 8.53. The molecule has 3 aromatic rings. The number of carbonyl (C=O) groups excluding carboxylic acids is 1. The van der Waals surface area contributed by atoms with Crippen molar-refractivity contribution < 1.29 is 13.9 Å². The Labute approximate surface area is 194 Å². The van der Waals surface area contributed by atoms with Crippen LogP contribution in [0.2, 0.25) is 0 Å². The Hall–Kier alpha value is -3.16. The van der Waals surface area contributed by atoms with E-state index < -0.39 is 0 Å². The molecule has 7 nitrogen and oxygen atoms in total. The number of nitrogens with one attached hydrogen (secondary N) is 1. The van der Waals surface area contributed by atoms with E-state index >= 15 is 0 Å². The largest absolute Gasteiger partial charge is 0.492 e. The molecule has 2 heterocycles. The number of ether oxygens (including phenoxy) is 1. The maximum absolute atomic E-state index is 11.7. The molecule has 1 atom stereocenters. The number of fused-ring (bicyclic) bond motifs is 1. The van der Waals surface area contributed by atoms with Crippen LogP contribution in [0, 0.1) is 5.92 Å². The molecule has 1 aliphatic heterocycles. The molecule has 1 unspecified atom stereocenters. The lowest BCUT2D eigenvalue weighted by Crippen LogP contribution is -2.31. The van der Waals surface area contributed by atoms with E-state index in [0.29, 0.717) is 24.5 Å². The fourth-order valence-electron chi connectivity index (χ4n) is 4.30. The molecule has 0 bridgehead atoms. The molecule has 1 aliphatic rings. The molecule has 33 heavy (non-hydrogen) atoms. The van der Waals surface area contributed by atoms with Crippen LogP contribution in [0.4, 0.5) is 0 Å². The molecule has 174 valence electrons. The number of hydrazine groups is 1. The van der Waals surface area contributed by atoms with Gasteiger partial charge >= 0.3 is 0 Å². The number of allylic oxidation sites excluding steroid dienone is 1. The zero-order chi connectivity index (χ0) is 23.2. The summed E-state index contributed by atoms with van der Waals surface area (Å²) in [6.45, 7) is 10.2. The Kier molecular flexibility index (Phi) is 7.42. The normalized spacial score (nSPS) is 15.0. The molecule has 1 fully saturated rings. The maximum Gasteiger partial charge on any atom is 0.234 e. The van der Waals surface area contributed by atoms with Gasteiger partial charge in [-0.1, -0.05) is 25.6 Å². The van der Waals surface area contributed by atoms with Gasteiger partial charge < -0.3 is 9.15 Å². The van der Waals surface area contributed by atoms with Crippen LogP contribution in [0.1, 0.15) is 38.2 Å². The summed E-state index contributed by atoms with van der Waals surface area (Å²) >= 11 is 0. The fourth-order valence-corrected chi connectivity index (χ4v) is 4.30. The summed E-state index contributed by atoms with van der Waals surface area (Å²) in [7, 11) is 0. The lowest BCUT2D eigenvalue weighted by atomic mass is 9.89. The second-order valence-electron chi connectivity index (χ2n) is 8.53. The van der Waals surface area contributed by atoms with Gasteiger partial charge in [0.2, 0.25) is 11.8 Å². The number of rotatable bonds is 10. The van der Waals surface area contributed by atoms with Crippen molar-refractivity contribution >= 4 is 22.6 Å². The first-order chi connectivity index (χ1) is 16.1. The summed E-state index contributed by atoms with van der Waals surface area (Å²) in [6.07, 6.45) is 3.65. The van der Waals surface area contributed by atoms with Crippen molar-refractivity contribution in [1.29, 1.82) is 0 Å². The number of benzene rings is 2. The zero-order valence-corrected chi connectivity index (χ0v) is 19.2. The summed E-state index contributed by atoms with van der Waals surface area (Å²) in [6, 6.07) is 13.7. The Morgan fingerprint density at radius 1 is 1.27 bits per heavy atom. The molecular weight excluding hydrogens is 416 g/mol. The number of amides is 1. The van der Waals surface area contributed by atoms with Gasteiger partial charge in [-0.25, -0.2) is 10.8 Å². The summed E-state index contributed by atoms with van der Waals surface area (Å²) in [5.41, 5.74) is 6.34. The van der Waals surface area contributed by atoms with Gasteiger partial charge in [0.05, 0.1) is 0 Å². The lowest BCUT2D eigenvalue weighted by molar-refractivity contribution is -0.121. The molecule has 0 aliphatic carbocycles. The van der Waals surface area contributed by atoms with Crippen LogP contribution >= 0.6 is 0 Å². The molecule has 1 saturated heterocycles. The van der Waals surface area contributed by atoms with Gasteiger partial charge in [0.1, 0.15) is 17.9 Å². The minimum Gasteiger partial charge on any atom is -0.492 e. The summed E-state index contributed by atoms with van der Waals surface area (Å²) in [5.74, 6) is 6.41. The third-order valence-electron chi connectivity index (χ3n) is 6.29. The Morgan fingerprint density at radius 2 is 2.09 bits per heavy atom. The van der Waals surface area contributed by atoms with Crippen LogP contribution in [0.5, 0.6) is 5.75 Å². The predicted molar refractivity (Wildman–Crippen MR) is 130 cm³/mol. The first-order valence-corrected chi connectivity index (χ1v) is 11.6. The average Bonchev–Trinajstić information content (AvgIpc) is 3.51.